The van der Waals surface area contributed by atoms with E-state index in [4.69, 9.17) is 4.42 Å². The molecule has 0 aliphatic carbocycles. The normalized spacial score (nSPS) is 26.7. The van der Waals surface area contributed by atoms with Crippen molar-refractivity contribution in [3.63, 3.8) is 0 Å². The Labute approximate surface area is 97.6 Å². The maximum Gasteiger partial charge on any atom is 0.257 e. The van der Waals surface area contributed by atoms with Crippen LogP contribution in [-0.2, 0) is 0 Å². The molecular weight excluding hydrogens is 258 g/mol. The monoisotopic (exact) mass is 271 g/mol. The van der Waals surface area contributed by atoms with Crippen molar-refractivity contribution in [1.82, 2.24) is 4.90 Å². The number of carbonyl (C=O) groups excluding carboxylic acids is 1. The van der Waals surface area contributed by atoms with Crippen LogP contribution >= 0.6 is 15.9 Å². The van der Waals surface area contributed by atoms with Crippen LogP contribution in [0.1, 0.15) is 23.7 Å². The lowest BCUT2D eigenvalue weighted by atomic mass is 9.98. The number of hydrogen-bond donors (Lipinski definition) is 0. The third-order valence-corrected chi connectivity index (χ3v) is 4.11. The summed E-state index contributed by atoms with van der Waals surface area (Å²) in [4.78, 5) is 14.2. The molecule has 1 amide bonds. The topological polar surface area (TPSA) is 33.5 Å². The summed E-state index contributed by atoms with van der Waals surface area (Å²) in [5.74, 6) is 0.707. The molecule has 2 rings (SSSR count). The molecule has 1 aliphatic rings. The first kappa shape index (κ1) is 10.7. The van der Waals surface area contributed by atoms with Crippen molar-refractivity contribution in [1.29, 1.82) is 0 Å². The van der Waals surface area contributed by atoms with Crippen LogP contribution in [0.2, 0.25) is 0 Å². The Balaban J connectivity index is 2.03. The van der Waals surface area contributed by atoms with Crippen LogP contribution in [0, 0.1) is 5.92 Å². The van der Waals surface area contributed by atoms with E-state index in [9.17, 15) is 4.79 Å². The van der Waals surface area contributed by atoms with E-state index < -0.39 is 0 Å². The first-order valence-corrected chi connectivity index (χ1v) is 6.05. The second-order valence-electron chi connectivity index (χ2n) is 4.05. The van der Waals surface area contributed by atoms with Gasteiger partial charge in [-0.3, -0.25) is 4.79 Å². The number of nitrogens with zero attached hydrogens (tertiary/aromatic N) is 1. The quantitative estimate of drug-likeness (QED) is 0.736. The zero-order chi connectivity index (χ0) is 10.8. The molecule has 0 radical (unpaired) electrons. The highest BCUT2D eigenvalue weighted by Crippen LogP contribution is 2.24. The first-order valence-electron chi connectivity index (χ1n) is 5.14. The number of likely N-dealkylation sites (tertiary alicyclic amines) is 1. The van der Waals surface area contributed by atoms with Crippen molar-refractivity contribution in [2.75, 3.05) is 13.1 Å². The van der Waals surface area contributed by atoms with Gasteiger partial charge in [0.1, 0.15) is 6.26 Å². The number of alkyl halides is 1. The number of carbonyl (C=O) groups is 1. The zero-order valence-corrected chi connectivity index (χ0v) is 10.2. The van der Waals surface area contributed by atoms with Crippen molar-refractivity contribution in [2.45, 2.75) is 18.2 Å². The number of furan rings is 1. The van der Waals surface area contributed by atoms with Crippen LogP contribution in [0.5, 0.6) is 0 Å². The average molecular weight is 272 g/mol. The van der Waals surface area contributed by atoms with Crippen LogP contribution in [0.15, 0.2) is 23.0 Å². The Morgan fingerprint density at radius 3 is 3.07 bits per heavy atom. The third-order valence-electron chi connectivity index (χ3n) is 2.92. The van der Waals surface area contributed by atoms with Gasteiger partial charge in [-0.15, -0.1) is 0 Å². The van der Waals surface area contributed by atoms with Gasteiger partial charge in [0.15, 0.2) is 0 Å². The van der Waals surface area contributed by atoms with Gasteiger partial charge in [0.2, 0.25) is 0 Å². The number of amides is 1. The lowest BCUT2D eigenvalue weighted by Gasteiger charge is -2.33. The molecule has 0 aromatic carbocycles. The van der Waals surface area contributed by atoms with Crippen molar-refractivity contribution in [3.05, 3.63) is 24.2 Å². The highest BCUT2D eigenvalue weighted by molar-refractivity contribution is 9.09. The number of halogens is 1. The minimum atomic E-state index is 0.0695. The SMILES string of the molecule is CC1CCN(C(=O)c2ccoc2)CC1Br. The second kappa shape index (κ2) is 4.39. The summed E-state index contributed by atoms with van der Waals surface area (Å²) >= 11 is 3.61. The summed E-state index contributed by atoms with van der Waals surface area (Å²) in [5, 5.41) is 0. The van der Waals surface area contributed by atoms with Gasteiger partial charge in [0, 0.05) is 17.9 Å². The molecule has 82 valence electrons. The summed E-state index contributed by atoms with van der Waals surface area (Å²) in [7, 11) is 0. The summed E-state index contributed by atoms with van der Waals surface area (Å²) in [5.41, 5.74) is 0.643. The molecule has 15 heavy (non-hydrogen) atoms. The molecule has 2 heterocycles. The van der Waals surface area contributed by atoms with Crippen LogP contribution < -0.4 is 0 Å². The smallest absolute Gasteiger partial charge is 0.257 e. The highest BCUT2D eigenvalue weighted by Gasteiger charge is 2.27. The van der Waals surface area contributed by atoms with Gasteiger partial charge >= 0.3 is 0 Å². The molecule has 0 spiro atoms. The summed E-state index contributed by atoms with van der Waals surface area (Å²) < 4.78 is 4.92. The third kappa shape index (κ3) is 2.25. The zero-order valence-electron chi connectivity index (χ0n) is 8.65. The molecule has 1 saturated heterocycles. The van der Waals surface area contributed by atoms with Crippen molar-refractivity contribution in [2.24, 2.45) is 5.92 Å². The van der Waals surface area contributed by atoms with Gasteiger partial charge in [-0.2, -0.15) is 0 Å². The summed E-state index contributed by atoms with van der Waals surface area (Å²) in [6.45, 7) is 3.83. The molecule has 1 aliphatic heterocycles. The van der Waals surface area contributed by atoms with Gasteiger partial charge in [-0.05, 0) is 18.4 Å². The van der Waals surface area contributed by atoms with Crippen LogP contribution in [-0.4, -0.2) is 28.7 Å². The number of piperidine rings is 1. The van der Waals surface area contributed by atoms with Gasteiger partial charge in [-0.25, -0.2) is 0 Å². The van der Waals surface area contributed by atoms with Crippen LogP contribution in [0.25, 0.3) is 0 Å². The van der Waals surface area contributed by atoms with Gasteiger partial charge in [-0.1, -0.05) is 22.9 Å². The molecule has 0 N–H and O–H groups in total. The van der Waals surface area contributed by atoms with E-state index in [0.29, 0.717) is 16.3 Å². The molecule has 0 bridgehead atoms. The van der Waals surface area contributed by atoms with E-state index in [1.165, 1.54) is 12.5 Å². The van der Waals surface area contributed by atoms with Crippen molar-refractivity contribution < 1.29 is 9.21 Å². The predicted molar refractivity (Wildman–Crippen MR) is 61.1 cm³/mol. The maximum atomic E-state index is 12.0. The molecule has 1 fully saturated rings. The summed E-state index contributed by atoms with van der Waals surface area (Å²) in [6.07, 6.45) is 4.09. The van der Waals surface area contributed by atoms with Crippen LogP contribution in [0.3, 0.4) is 0 Å². The van der Waals surface area contributed by atoms with E-state index in [0.717, 1.165) is 19.5 Å². The second-order valence-corrected chi connectivity index (χ2v) is 5.22. The number of hydrogen-bond acceptors (Lipinski definition) is 2. The largest absolute Gasteiger partial charge is 0.472 e. The number of rotatable bonds is 1. The average Bonchev–Trinajstić information content (AvgIpc) is 2.74. The molecule has 4 heteroatoms. The highest BCUT2D eigenvalue weighted by atomic mass is 79.9. The molecular formula is C11H14BrNO2. The fraction of sp³-hybridized carbons (Fsp3) is 0.545. The van der Waals surface area contributed by atoms with E-state index >= 15 is 0 Å². The molecule has 1 aromatic heterocycles. The molecule has 3 nitrogen and oxygen atoms in total. The Kier molecular flexibility index (Phi) is 3.14. The van der Waals surface area contributed by atoms with E-state index in [1.807, 2.05) is 4.90 Å². The Bertz CT molecular complexity index is 336. The standard InChI is InChI=1S/C11H14BrNO2/c1-8-2-4-13(6-10(8)12)11(14)9-3-5-15-7-9/h3,5,7-8,10H,2,4,6H2,1H3. The maximum absolute atomic E-state index is 12.0. The van der Waals surface area contributed by atoms with Gasteiger partial charge < -0.3 is 9.32 Å². The van der Waals surface area contributed by atoms with E-state index in [2.05, 4.69) is 22.9 Å². The Morgan fingerprint density at radius 1 is 1.67 bits per heavy atom. The van der Waals surface area contributed by atoms with Crippen molar-refractivity contribution in [3.8, 4) is 0 Å². The van der Waals surface area contributed by atoms with Crippen molar-refractivity contribution >= 4 is 21.8 Å². The Hall–Kier alpha value is -0.770. The minimum absolute atomic E-state index is 0.0695. The van der Waals surface area contributed by atoms with Gasteiger partial charge in [0.25, 0.3) is 5.91 Å². The molecule has 2 atom stereocenters. The minimum Gasteiger partial charge on any atom is -0.472 e. The molecule has 0 saturated carbocycles. The fourth-order valence-corrected chi connectivity index (χ4v) is 2.39. The van der Waals surface area contributed by atoms with Gasteiger partial charge in [0.05, 0.1) is 11.8 Å². The van der Waals surface area contributed by atoms with Crippen LogP contribution in [0.4, 0.5) is 0 Å². The molecule has 1 aromatic rings. The molecule has 2 unspecified atom stereocenters. The fourth-order valence-electron chi connectivity index (χ4n) is 1.78. The predicted octanol–water partition coefficient (Wildman–Crippen LogP) is 2.53. The van der Waals surface area contributed by atoms with E-state index in [1.54, 1.807) is 6.07 Å². The lowest BCUT2D eigenvalue weighted by Crippen LogP contribution is -2.43. The first-order chi connectivity index (χ1) is 7.18. The Morgan fingerprint density at radius 2 is 2.47 bits per heavy atom. The van der Waals surface area contributed by atoms with E-state index in [-0.39, 0.29) is 5.91 Å². The lowest BCUT2D eigenvalue weighted by molar-refractivity contribution is 0.0705. The summed E-state index contributed by atoms with van der Waals surface area (Å²) in [6, 6.07) is 1.71.